The molecule has 1 aromatic carbocycles. The van der Waals surface area contributed by atoms with Crippen LogP contribution in [0.25, 0.3) is 0 Å². The summed E-state index contributed by atoms with van der Waals surface area (Å²) < 4.78 is 13.1. The van der Waals surface area contributed by atoms with Crippen LogP contribution in [0.4, 0.5) is 4.39 Å². The summed E-state index contributed by atoms with van der Waals surface area (Å²) in [5, 5.41) is 10.3. The number of hydrogen-bond acceptors (Lipinski definition) is 2. The molecule has 0 amide bonds. The summed E-state index contributed by atoms with van der Waals surface area (Å²) in [7, 11) is 0. The topological polar surface area (TPSA) is 46.2 Å². The van der Waals surface area contributed by atoms with Crippen molar-refractivity contribution in [2.24, 2.45) is 11.7 Å². The van der Waals surface area contributed by atoms with Gasteiger partial charge in [0, 0.05) is 5.02 Å². The van der Waals surface area contributed by atoms with Gasteiger partial charge in [-0.25, -0.2) is 4.39 Å². The molecule has 1 saturated carbocycles. The van der Waals surface area contributed by atoms with Crippen molar-refractivity contribution in [3.05, 3.63) is 34.6 Å². The summed E-state index contributed by atoms with van der Waals surface area (Å²) in [5.41, 5.74) is 6.47. The first kappa shape index (κ1) is 14.7. The zero-order chi connectivity index (χ0) is 11.7. The lowest BCUT2D eigenvalue weighted by molar-refractivity contribution is 0.0413. The standard InChI is InChI=1S/C12H15ClFNO.ClH/c13-9-4-8(5-10(14)6-9)11(15)12(16)7-2-1-3-7;/h4-7,11-12,16H,1-3,15H2;1H/t11-,12+;/m0./s1. The van der Waals surface area contributed by atoms with Gasteiger partial charge in [0.1, 0.15) is 5.82 Å². The molecule has 0 spiro atoms. The fourth-order valence-corrected chi connectivity index (χ4v) is 2.27. The van der Waals surface area contributed by atoms with Gasteiger partial charge in [-0.1, -0.05) is 18.0 Å². The predicted octanol–water partition coefficient (Wildman–Crippen LogP) is 3.06. The molecule has 0 radical (unpaired) electrons. The zero-order valence-corrected chi connectivity index (χ0v) is 10.8. The van der Waals surface area contributed by atoms with E-state index in [1.54, 1.807) is 6.07 Å². The van der Waals surface area contributed by atoms with Crippen LogP contribution in [0.5, 0.6) is 0 Å². The maximum Gasteiger partial charge on any atom is 0.125 e. The molecule has 0 heterocycles. The first-order valence-corrected chi connectivity index (χ1v) is 5.85. The largest absolute Gasteiger partial charge is 0.391 e. The molecule has 17 heavy (non-hydrogen) atoms. The lowest BCUT2D eigenvalue weighted by Crippen LogP contribution is -2.36. The Balaban J connectivity index is 0.00000144. The summed E-state index contributed by atoms with van der Waals surface area (Å²) in [6.07, 6.45) is 2.53. The maximum absolute atomic E-state index is 13.1. The number of nitrogens with two attached hydrogens (primary N) is 1. The molecule has 0 bridgehead atoms. The van der Waals surface area contributed by atoms with Gasteiger partial charge in [0.15, 0.2) is 0 Å². The van der Waals surface area contributed by atoms with E-state index in [-0.39, 0.29) is 18.3 Å². The van der Waals surface area contributed by atoms with Gasteiger partial charge in [-0.2, -0.15) is 0 Å². The van der Waals surface area contributed by atoms with Gasteiger partial charge in [0.2, 0.25) is 0 Å². The average Bonchev–Trinajstić information content (AvgIpc) is 2.12. The second kappa shape index (κ2) is 6.01. The Morgan fingerprint density at radius 3 is 2.47 bits per heavy atom. The number of hydrogen-bond donors (Lipinski definition) is 2. The molecular formula is C12H16Cl2FNO. The average molecular weight is 280 g/mol. The molecule has 0 unspecified atom stereocenters. The van der Waals surface area contributed by atoms with Gasteiger partial charge in [-0.15, -0.1) is 12.4 Å². The highest BCUT2D eigenvalue weighted by molar-refractivity contribution is 6.30. The summed E-state index contributed by atoms with van der Waals surface area (Å²) >= 11 is 5.75. The van der Waals surface area contributed by atoms with Crippen molar-refractivity contribution in [3.8, 4) is 0 Å². The molecule has 1 aliphatic carbocycles. The lowest BCUT2D eigenvalue weighted by atomic mass is 9.77. The highest BCUT2D eigenvalue weighted by Crippen LogP contribution is 2.34. The summed E-state index contributed by atoms with van der Waals surface area (Å²) in [5.74, 6) is -0.171. The second-order valence-electron chi connectivity index (χ2n) is 4.41. The van der Waals surface area contributed by atoms with Crippen molar-refractivity contribution < 1.29 is 9.50 Å². The van der Waals surface area contributed by atoms with Gasteiger partial charge >= 0.3 is 0 Å². The Morgan fingerprint density at radius 2 is 2.00 bits per heavy atom. The Hall–Kier alpha value is -0.350. The Morgan fingerprint density at radius 1 is 1.35 bits per heavy atom. The highest BCUT2D eigenvalue weighted by Gasteiger charge is 2.30. The van der Waals surface area contributed by atoms with Crippen LogP contribution in [0, 0.1) is 11.7 Å². The van der Waals surface area contributed by atoms with Crippen LogP contribution in [-0.2, 0) is 0 Å². The predicted molar refractivity (Wildman–Crippen MR) is 68.9 cm³/mol. The van der Waals surface area contributed by atoms with Crippen LogP contribution in [-0.4, -0.2) is 11.2 Å². The first-order chi connectivity index (χ1) is 7.58. The van der Waals surface area contributed by atoms with Crippen molar-refractivity contribution >= 4 is 24.0 Å². The molecule has 0 aliphatic heterocycles. The van der Waals surface area contributed by atoms with E-state index in [4.69, 9.17) is 17.3 Å². The summed E-state index contributed by atoms with van der Waals surface area (Å²) in [6, 6.07) is 3.61. The van der Waals surface area contributed by atoms with Crippen LogP contribution >= 0.6 is 24.0 Å². The zero-order valence-electron chi connectivity index (χ0n) is 9.27. The van der Waals surface area contributed by atoms with Gasteiger partial charge in [0.25, 0.3) is 0 Å². The smallest absolute Gasteiger partial charge is 0.125 e. The fraction of sp³-hybridized carbons (Fsp3) is 0.500. The van der Waals surface area contributed by atoms with Crippen LogP contribution in [0.15, 0.2) is 18.2 Å². The van der Waals surface area contributed by atoms with Crippen LogP contribution in [0.3, 0.4) is 0 Å². The van der Waals surface area contributed by atoms with E-state index in [0.29, 0.717) is 10.6 Å². The van der Waals surface area contributed by atoms with Crippen LogP contribution in [0.2, 0.25) is 5.02 Å². The van der Waals surface area contributed by atoms with Crippen molar-refractivity contribution in [1.29, 1.82) is 0 Å². The van der Waals surface area contributed by atoms with Gasteiger partial charge in [-0.3, -0.25) is 0 Å². The van der Waals surface area contributed by atoms with E-state index in [0.717, 1.165) is 19.3 Å². The minimum absolute atomic E-state index is 0. The van der Waals surface area contributed by atoms with Crippen molar-refractivity contribution in [3.63, 3.8) is 0 Å². The minimum Gasteiger partial charge on any atom is -0.391 e. The van der Waals surface area contributed by atoms with Gasteiger partial charge < -0.3 is 10.8 Å². The van der Waals surface area contributed by atoms with Crippen molar-refractivity contribution in [1.82, 2.24) is 0 Å². The highest BCUT2D eigenvalue weighted by atomic mass is 35.5. The maximum atomic E-state index is 13.1. The summed E-state index contributed by atoms with van der Waals surface area (Å²) in [6.45, 7) is 0. The number of rotatable bonds is 3. The van der Waals surface area contributed by atoms with E-state index in [2.05, 4.69) is 0 Å². The Kier molecular flexibility index (Phi) is 5.20. The number of benzene rings is 1. The van der Waals surface area contributed by atoms with E-state index in [1.165, 1.54) is 12.1 Å². The van der Waals surface area contributed by atoms with Crippen LogP contribution in [0.1, 0.15) is 30.9 Å². The monoisotopic (exact) mass is 279 g/mol. The molecular weight excluding hydrogens is 264 g/mol. The Bertz CT molecular complexity index is 365. The number of aliphatic hydroxyl groups excluding tert-OH is 1. The lowest BCUT2D eigenvalue weighted by Gasteiger charge is -2.33. The van der Waals surface area contributed by atoms with Gasteiger partial charge in [0.05, 0.1) is 12.1 Å². The molecule has 1 fully saturated rings. The van der Waals surface area contributed by atoms with Crippen LogP contribution < -0.4 is 5.73 Å². The van der Waals surface area contributed by atoms with E-state index in [1.807, 2.05) is 0 Å². The molecule has 0 aromatic heterocycles. The molecule has 2 rings (SSSR count). The SMILES string of the molecule is Cl.N[C@@H](c1cc(F)cc(Cl)c1)[C@H](O)C1CCC1. The molecule has 2 nitrogen and oxygen atoms in total. The third kappa shape index (κ3) is 3.32. The molecule has 3 N–H and O–H groups in total. The summed E-state index contributed by atoms with van der Waals surface area (Å²) in [4.78, 5) is 0. The molecule has 1 aliphatic rings. The molecule has 0 saturated heterocycles. The van der Waals surface area contributed by atoms with Crippen molar-refractivity contribution in [2.45, 2.75) is 31.4 Å². The molecule has 1 aromatic rings. The normalized spacial score (nSPS) is 19.1. The third-order valence-electron chi connectivity index (χ3n) is 3.27. The van der Waals surface area contributed by atoms with E-state index < -0.39 is 18.0 Å². The molecule has 5 heteroatoms. The third-order valence-corrected chi connectivity index (χ3v) is 3.49. The number of halogens is 3. The number of aliphatic hydroxyl groups is 1. The van der Waals surface area contributed by atoms with E-state index in [9.17, 15) is 9.50 Å². The quantitative estimate of drug-likeness (QED) is 0.893. The second-order valence-corrected chi connectivity index (χ2v) is 4.85. The molecule has 2 atom stereocenters. The van der Waals surface area contributed by atoms with Gasteiger partial charge in [-0.05, 0) is 42.5 Å². The van der Waals surface area contributed by atoms with E-state index >= 15 is 0 Å². The fourth-order valence-electron chi connectivity index (χ4n) is 2.04. The van der Waals surface area contributed by atoms with Crippen molar-refractivity contribution in [2.75, 3.05) is 0 Å². The Labute approximate surface area is 111 Å². The first-order valence-electron chi connectivity index (χ1n) is 5.47. The minimum atomic E-state index is -0.605. The molecule has 96 valence electrons.